The van der Waals surface area contributed by atoms with E-state index in [2.05, 4.69) is 10.5 Å². The summed E-state index contributed by atoms with van der Waals surface area (Å²) < 4.78 is 5.06. The Kier molecular flexibility index (Phi) is 4.26. The molecule has 4 nitrogen and oxygen atoms in total. The van der Waals surface area contributed by atoms with Crippen LogP contribution in [0, 0.1) is 0 Å². The highest BCUT2D eigenvalue weighted by Crippen LogP contribution is 2.27. The molecule has 0 aliphatic rings. The van der Waals surface area contributed by atoms with Gasteiger partial charge in [0.25, 0.3) is 0 Å². The Bertz CT molecular complexity index is 600. The van der Waals surface area contributed by atoms with Crippen LogP contribution in [-0.2, 0) is 0 Å². The third kappa shape index (κ3) is 3.63. The molecule has 2 aromatic carbocycles. The van der Waals surface area contributed by atoms with Gasteiger partial charge in [0.1, 0.15) is 11.5 Å². The second-order valence-corrected chi connectivity index (χ2v) is 4.22. The maximum absolute atomic E-state index is 9.31. The predicted molar refractivity (Wildman–Crippen MR) is 77.3 cm³/mol. The second kappa shape index (κ2) is 6.11. The number of ether oxygens (including phenoxy) is 1. The summed E-state index contributed by atoms with van der Waals surface area (Å²) in [6.45, 7) is 0. The average molecular weight is 277 g/mol. The molecule has 0 aromatic heterocycles. The molecule has 2 rings (SSSR count). The first-order chi connectivity index (χ1) is 9.19. The lowest BCUT2D eigenvalue weighted by Gasteiger charge is -2.05. The van der Waals surface area contributed by atoms with Crippen molar-refractivity contribution in [1.29, 1.82) is 0 Å². The largest absolute Gasteiger partial charge is 0.508 e. The van der Waals surface area contributed by atoms with Gasteiger partial charge in [-0.25, -0.2) is 0 Å². The maximum atomic E-state index is 9.31. The third-order valence-corrected chi connectivity index (χ3v) is 2.72. The van der Waals surface area contributed by atoms with Crippen molar-refractivity contribution in [1.82, 2.24) is 0 Å². The maximum Gasteiger partial charge on any atom is 0.137 e. The minimum Gasteiger partial charge on any atom is -0.508 e. The SMILES string of the molecule is COc1ccc(N/N=C/c2cccc(O)c2)cc1Cl. The van der Waals surface area contributed by atoms with Crippen molar-refractivity contribution >= 4 is 23.5 Å². The molecular weight excluding hydrogens is 264 g/mol. The summed E-state index contributed by atoms with van der Waals surface area (Å²) in [7, 11) is 1.56. The number of phenolic OH excluding ortho intramolecular Hbond substituents is 1. The fourth-order valence-electron chi connectivity index (χ4n) is 1.52. The number of nitrogens with zero attached hydrogens (tertiary/aromatic N) is 1. The van der Waals surface area contributed by atoms with E-state index in [0.717, 1.165) is 11.3 Å². The van der Waals surface area contributed by atoms with E-state index in [0.29, 0.717) is 10.8 Å². The van der Waals surface area contributed by atoms with Crippen molar-refractivity contribution in [2.24, 2.45) is 5.10 Å². The summed E-state index contributed by atoms with van der Waals surface area (Å²) in [6.07, 6.45) is 1.61. The van der Waals surface area contributed by atoms with Crippen LogP contribution in [0.1, 0.15) is 5.56 Å². The zero-order valence-electron chi connectivity index (χ0n) is 10.3. The lowest BCUT2D eigenvalue weighted by Crippen LogP contribution is -1.91. The Balaban J connectivity index is 2.04. The van der Waals surface area contributed by atoms with Gasteiger partial charge < -0.3 is 9.84 Å². The third-order valence-electron chi connectivity index (χ3n) is 2.43. The quantitative estimate of drug-likeness (QED) is 0.664. The molecule has 5 heteroatoms. The van der Waals surface area contributed by atoms with Crippen molar-refractivity contribution in [2.45, 2.75) is 0 Å². The molecule has 0 amide bonds. The summed E-state index contributed by atoms with van der Waals surface area (Å²) in [5.41, 5.74) is 4.40. The Labute approximate surface area is 116 Å². The number of hydrogen-bond donors (Lipinski definition) is 2. The van der Waals surface area contributed by atoms with Crippen molar-refractivity contribution in [3.8, 4) is 11.5 Å². The van der Waals surface area contributed by atoms with E-state index in [1.54, 1.807) is 43.7 Å². The molecule has 2 N–H and O–H groups in total. The minimum absolute atomic E-state index is 0.205. The predicted octanol–water partition coefficient (Wildman–Crippen LogP) is 3.50. The number of anilines is 1. The van der Waals surface area contributed by atoms with Crippen LogP contribution in [-0.4, -0.2) is 18.4 Å². The standard InChI is InChI=1S/C14H13ClN2O2/c1-19-14-6-5-11(8-13(14)15)17-16-9-10-3-2-4-12(18)7-10/h2-9,17-18H,1H3/b16-9+. The zero-order valence-corrected chi connectivity index (χ0v) is 11.1. The monoisotopic (exact) mass is 276 g/mol. The van der Waals surface area contributed by atoms with Gasteiger partial charge in [0.2, 0.25) is 0 Å². The number of phenols is 1. The van der Waals surface area contributed by atoms with Crippen LogP contribution < -0.4 is 10.2 Å². The molecule has 0 radical (unpaired) electrons. The van der Waals surface area contributed by atoms with E-state index in [1.165, 1.54) is 0 Å². The number of aromatic hydroxyl groups is 1. The summed E-state index contributed by atoms with van der Waals surface area (Å²) in [6, 6.07) is 12.1. The van der Waals surface area contributed by atoms with Gasteiger partial charge in [-0.1, -0.05) is 23.7 Å². The van der Waals surface area contributed by atoms with Gasteiger partial charge in [0.15, 0.2) is 0 Å². The molecule has 0 atom stereocenters. The first-order valence-corrected chi connectivity index (χ1v) is 5.98. The number of rotatable bonds is 4. The van der Waals surface area contributed by atoms with Crippen LogP contribution in [0.4, 0.5) is 5.69 Å². The summed E-state index contributed by atoms with van der Waals surface area (Å²) in [5, 5.41) is 13.9. The molecule has 2 aromatic rings. The van der Waals surface area contributed by atoms with E-state index in [-0.39, 0.29) is 5.75 Å². The van der Waals surface area contributed by atoms with E-state index >= 15 is 0 Å². The Hall–Kier alpha value is -2.20. The lowest BCUT2D eigenvalue weighted by molar-refractivity contribution is 0.415. The molecule has 0 aliphatic heterocycles. The van der Waals surface area contributed by atoms with E-state index in [9.17, 15) is 5.11 Å². The number of hydrogen-bond acceptors (Lipinski definition) is 4. The van der Waals surface area contributed by atoms with Crippen molar-refractivity contribution in [2.75, 3.05) is 12.5 Å². The topological polar surface area (TPSA) is 53.8 Å². The van der Waals surface area contributed by atoms with Crippen LogP contribution >= 0.6 is 11.6 Å². The van der Waals surface area contributed by atoms with E-state index < -0.39 is 0 Å². The van der Waals surface area contributed by atoms with Crippen LogP contribution in [0.25, 0.3) is 0 Å². The molecule has 0 saturated carbocycles. The lowest BCUT2D eigenvalue weighted by atomic mass is 10.2. The Morgan fingerprint density at radius 1 is 1.26 bits per heavy atom. The highest BCUT2D eigenvalue weighted by atomic mass is 35.5. The fourth-order valence-corrected chi connectivity index (χ4v) is 1.78. The highest BCUT2D eigenvalue weighted by molar-refractivity contribution is 6.32. The zero-order chi connectivity index (χ0) is 13.7. The molecule has 0 aliphatic carbocycles. The molecule has 0 saturated heterocycles. The first kappa shape index (κ1) is 13.2. The number of hydrazone groups is 1. The van der Waals surface area contributed by atoms with E-state index in [1.807, 2.05) is 12.1 Å². The number of halogens is 1. The fraction of sp³-hybridized carbons (Fsp3) is 0.0714. The molecular formula is C14H13ClN2O2. The molecule has 0 heterocycles. The Morgan fingerprint density at radius 3 is 2.79 bits per heavy atom. The smallest absolute Gasteiger partial charge is 0.137 e. The first-order valence-electron chi connectivity index (χ1n) is 5.60. The van der Waals surface area contributed by atoms with Crippen molar-refractivity contribution in [3.05, 3.63) is 53.1 Å². The van der Waals surface area contributed by atoms with Gasteiger partial charge in [-0.3, -0.25) is 5.43 Å². The summed E-state index contributed by atoms with van der Waals surface area (Å²) in [4.78, 5) is 0. The van der Waals surface area contributed by atoms with Crippen LogP contribution in [0.15, 0.2) is 47.6 Å². The highest BCUT2D eigenvalue weighted by Gasteiger charge is 2.00. The molecule has 19 heavy (non-hydrogen) atoms. The van der Waals surface area contributed by atoms with Gasteiger partial charge in [-0.05, 0) is 35.9 Å². The Morgan fingerprint density at radius 2 is 2.11 bits per heavy atom. The molecule has 0 spiro atoms. The number of benzene rings is 2. The summed E-state index contributed by atoms with van der Waals surface area (Å²) >= 11 is 6.00. The molecule has 0 fully saturated rings. The van der Waals surface area contributed by atoms with Gasteiger partial charge in [-0.15, -0.1) is 0 Å². The van der Waals surface area contributed by atoms with Crippen molar-refractivity contribution in [3.63, 3.8) is 0 Å². The molecule has 0 bridgehead atoms. The number of nitrogens with one attached hydrogen (secondary N) is 1. The average Bonchev–Trinajstić information content (AvgIpc) is 2.39. The minimum atomic E-state index is 0.205. The van der Waals surface area contributed by atoms with Gasteiger partial charge >= 0.3 is 0 Å². The summed E-state index contributed by atoms with van der Waals surface area (Å²) in [5.74, 6) is 0.820. The van der Waals surface area contributed by atoms with Crippen LogP contribution in [0.5, 0.6) is 11.5 Å². The number of methoxy groups -OCH3 is 1. The van der Waals surface area contributed by atoms with Crippen molar-refractivity contribution < 1.29 is 9.84 Å². The van der Waals surface area contributed by atoms with Gasteiger partial charge in [-0.2, -0.15) is 5.10 Å². The molecule has 98 valence electrons. The molecule has 0 unspecified atom stereocenters. The normalized spacial score (nSPS) is 10.6. The van der Waals surface area contributed by atoms with Gasteiger partial charge in [0.05, 0.1) is 24.0 Å². The van der Waals surface area contributed by atoms with Gasteiger partial charge in [0, 0.05) is 0 Å². The second-order valence-electron chi connectivity index (χ2n) is 3.81. The van der Waals surface area contributed by atoms with Crippen LogP contribution in [0.2, 0.25) is 5.02 Å². The van der Waals surface area contributed by atoms with Crippen LogP contribution in [0.3, 0.4) is 0 Å². The van der Waals surface area contributed by atoms with E-state index in [4.69, 9.17) is 16.3 Å².